The average Bonchev–Trinajstić information content (AvgIpc) is 3.52. The number of likely N-dealkylation sites (tertiary alicyclic amines) is 2. The van der Waals surface area contributed by atoms with Crippen LogP contribution in [0.3, 0.4) is 0 Å². The van der Waals surface area contributed by atoms with Crippen molar-refractivity contribution in [3.05, 3.63) is 69.8 Å². The second kappa shape index (κ2) is 14.1. The van der Waals surface area contributed by atoms with Gasteiger partial charge in [0.05, 0.1) is 12.1 Å². The van der Waals surface area contributed by atoms with Gasteiger partial charge in [0.25, 0.3) is 0 Å². The van der Waals surface area contributed by atoms with Crippen LogP contribution in [0, 0.1) is 11.8 Å². The highest BCUT2D eigenvalue weighted by atomic mass is 16.6. The number of nitrogens with zero attached hydrogens (tertiary/aromatic N) is 2. The fourth-order valence-electron chi connectivity index (χ4n) is 7.67. The van der Waals surface area contributed by atoms with E-state index in [9.17, 15) is 43.2 Å². The highest BCUT2D eigenvalue weighted by molar-refractivity contribution is 6.38. The van der Waals surface area contributed by atoms with Gasteiger partial charge in [0, 0.05) is 46.5 Å². The van der Waals surface area contributed by atoms with E-state index >= 15 is 0 Å². The van der Waals surface area contributed by atoms with Gasteiger partial charge >= 0.3 is 12.2 Å². The topological polar surface area (TPSA) is 179 Å². The minimum atomic E-state index is -1.67. The quantitative estimate of drug-likeness (QED) is 0.265. The summed E-state index contributed by atoms with van der Waals surface area (Å²) in [7, 11) is 0. The Kier molecular flexibility index (Phi) is 10.1. The predicted octanol–water partition coefficient (Wildman–Crippen LogP) is 5.63. The van der Waals surface area contributed by atoms with Gasteiger partial charge in [-0.2, -0.15) is 0 Å². The molecule has 13 heteroatoms. The number of carbonyl (C=O) groups excluding carboxylic acids is 9. The van der Waals surface area contributed by atoms with Crippen LogP contribution in [0.2, 0.25) is 0 Å². The molecule has 0 aromatic heterocycles. The van der Waals surface area contributed by atoms with Crippen molar-refractivity contribution in [3.63, 3.8) is 0 Å². The molecule has 2 fully saturated rings. The molecule has 4 atom stereocenters. The van der Waals surface area contributed by atoms with Crippen molar-refractivity contribution < 1.29 is 52.6 Å². The summed E-state index contributed by atoms with van der Waals surface area (Å²) in [6.07, 6.45) is 1.63. The summed E-state index contributed by atoms with van der Waals surface area (Å²) in [5.41, 5.74) is -1.90. The summed E-state index contributed by atoms with van der Waals surface area (Å²) in [5, 5.41) is 0. The van der Waals surface area contributed by atoms with Gasteiger partial charge in [-0.1, -0.05) is 12.1 Å². The third-order valence-corrected chi connectivity index (χ3v) is 10.2. The van der Waals surface area contributed by atoms with Crippen LogP contribution < -0.4 is 0 Å². The highest BCUT2D eigenvalue weighted by Gasteiger charge is 2.50. The molecule has 0 saturated carbocycles. The van der Waals surface area contributed by atoms with Gasteiger partial charge in [-0.25, -0.2) is 9.59 Å². The second-order valence-corrected chi connectivity index (χ2v) is 16.3. The molecule has 2 unspecified atom stereocenters. The lowest BCUT2D eigenvalue weighted by molar-refractivity contribution is -0.127. The number of fused-ring (bicyclic) bond motifs is 2. The third-order valence-electron chi connectivity index (χ3n) is 10.2. The van der Waals surface area contributed by atoms with Crippen molar-refractivity contribution in [3.8, 4) is 0 Å². The van der Waals surface area contributed by atoms with Crippen molar-refractivity contribution in [2.45, 2.75) is 103 Å². The lowest BCUT2D eigenvalue weighted by Crippen LogP contribution is -2.52. The average molecular weight is 741 g/mol. The van der Waals surface area contributed by atoms with E-state index in [1.165, 1.54) is 46.2 Å². The van der Waals surface area contributed by atoms with Crippen LogP contribution in [0.15, 0.2) is 36.4 Å². The van der Waals surface area contributed by atoms with E-state index in [4.69, 9.17) is 9.47 Å². The zero-order chi connectivity index (χ0) is 39.4. The first kappa shape index (κ1) is 38.4. The minimum absolute atomic E-state index is 0.00407. The van der Waals surface area contributed by atoms with E-state index in [0.29, 0.717) is 25.7 Å². The van der Waals surface area contributed by atoms with E-state index in [-0.39, 0.29) is 59.3 Å². The maximum absolute atomic E-state index is 13.8. The van der Waals surface area contributed by atoms with E-state index in [1.807, 2.05) is 0 Å². The molecule has 2 aromatic rings. The standard InChI is InChI=1S/C41H44N2O11/c1-40(2,3)53-38(51)42-17-9-7-11-27(42)36(49)29-32(45)23-15-13-21(19-25(23)34(29)47)31(44)22-14-16-24-26(20-22)35(48)30(33(24)46)37(50)28-12-8-10-18-43(28)39(52)54-41(4,5)6/h13-16,19-20,27-30H,7-12,17-18H2,1-6H3/t27-,28-,29?,30?/m0/s1. The normalized spacial score (nSPS) is 22.9. The smallest absolute Gasteiger partial charge is 0.410 e. The minimum Gasteiger partial charge on any atom is -0.444 e. The van der Waals surface area contributed by atoms with Crippen LogP contribution >= 0.6 is 0 Å². The van der Waals surface area contributed by atoms with Crippen molar-refractivity contribution in [2.75, 3.05) is 13.1 Å². The van der Waals surface area contributed by atoms with E-state index in [0.717, 1.165) is 0 Å². The Morgan fingerprint density at radius 1 is 0.537 bits per heavy atom. The molecule has 2 heterocycles. The van der Waals surface area contributed by atoms with Crippen LogP contribution in [0.5, 0.6) is 0 Å². The molecule has 4 aliphatic rings. The maximum atomic E-state index is 13.8. The number of hydrogen-bond acceptors (Lipinski definition) is 11. The van der Waals surface area contributed by atoms with Gasteiger partial charge in [-0.3, -0.25) is 43.4 Å². The van der Waals surface area contributed by atoms with E-state index in [1.54, 1.807) is 41.5 Å². The van der Waals surface area contributed by atoms with Gasteiger partial charge in [-0.15, -0.1) is 0 Å². The number of amides is 2. The fraction of sp³-hybridized carbons (Fsp3) is 0.488. The molecule has 2 amide bonds. The summed E-state index contributed by atoms with van der Waals surface area (Å²) >= 11 is 0. The number of hydrogen-bond donors (Lipinski definition) is 0. The predicted molar refractivity (Wildman–Crippen MR) is 192 cm³/mol. The number of carbonyl (C=O) groups is 9. The second-order valence-electron chi connectivity index (χ2n) is 16.3. The lowest BCUT2D eigenvalue weighted by atomic mass is 9.88. The summed E-state index contributed by atoms with van der Waals surface area (Å²) in [6, 6.07) is 5.71. The molecule has 2 aromatic carbocycles. The van der Waals surface area contributed by atoms with Gasteiger partial charge < -0.3 is 9.47 Å². The third kappa shape index (κ3) is 7.15. The first-order valence-corrected chi connectivity index (χ1v) is 18.4. The van der Waals surface area contributed by atoms with Crippen molar-refractivity contribution in [1.29, 1.82) is 0 Å². The Labute approximate surface area is 312 Å². The molecule has 2 aliphatic carbocycles. The molecule has 13 nitrogen and oxygen atoms in total. The highest BCUT2D eigenvalue weighted by Crippen LogP contribution is 2.35. The van der Waals surface area contributed by atoms with Gasteiger partial charge in [0.15, 0.2) is 40.5 Å². The number of benzene rings is 2. The molecule has 2 aliphatic heterocycles. The molecule has 0 bridgehead atoms. The van der Waals surface area contributed by atoms with Gasteiger partial charge in [0.1, 0.15) is 23.0 Å². The first-order chi connectivity index (χ1) is 25.3. The number of ketones is 7. The Balaban J connectivity index is 1.21. The monoisotopic (exact) mass is 740 g/mol. The van der Waals surface area contributed by atoms with Crippen LogP contribution in [0.1, 0.15) is 137 Å². The Morgan fingerprint density at radius 3 is 1.24 bits per heavy atom. The molecule has 0 spiro atoms. The van der Waals surface area contributed by atoms with Gasteiger partial charge in [0.2, 0.25) is 0 Å². The largest absolute Gasteiger partial charge is 0.444 e. The van der Waals surface area contributed by atoms with Crippen LogP contribution in [0.25, 0.3) is 0 Å². The van der Waals surface area contributed by atoms with E-state index < -0.39 is 87.8 Å². The van der Waals surface area contributed by atoms with Gasteiger partial charge in [-0.05, 0) is 104 Å². The Bertz CT molecular complexity index is 1880. The maximum Gasteiger partial charge on any atom is 0.410 e. The summed E-state index contributed by atoms with van der Waals surface area (Å²) in [4.78, 5) is 124. The SMILES string of the molecule is CC(C)(C)OC(=O)N1CCCC[C@H]1C(=O)C1C(=O)c2ccc(C(=O)c3ccc4c(c3)C(=O)C(C(=O)[C@@H]3CCCCN3C(=O)OC(C)(C)C)C4=O)cc2C1=O. The Morgan fingerprint density at radius 2 is 0.889 bits per heavy atom. The molecule has 0 N–H and O–H groups in total. The van der Waals surface area contributed by atoms with E-state index in [2.05, 4.69) is 0 Å². The number of ether oxygens (including phenoxy) is 2. The zero-order valence-electron chi connectivity index (χ0n) is 31.3. The van der Waals surface area contributed by atoms with Crippen LogP contribution in [-0.4, -0.2) is 98.8 Å². The molecule has 54 heavy (non-hydrogen) atoms. The summed E-state index contributed by atoms with van der Waals surface area (Å²) < 4.78 is 11.0. The van der Waals surface area contributed by atoms with Crippen LogP contribution in [0.4, 0.5) is 9.59 Å². The molecule has 284 valence electrons. The van der Waals surface area contributed by atoms with Crippen molar-refractivity contribution >= 4 is 52.7 Å². The molecular weight excluding hydrogens is 696 g/mol. The molecule has 2 saturated heterocycles. The Hall–Kier alpha value is -5.33. The lowest BCUT2D eigenvalue weighted by Gasteiger charge is -2.36. The first-order valence-electron chi connectivity index (χ1n) is 18.4. The number of Topliss-reactive ketones (excluding diaryl/α,β-unsaturated/α-hetero) is 6. The number of piperidine rings is 2. The van der Waals surface area contributed by atoms with Crippen molar-refractivity contribution in [2.24, 2.45) is 11.8 Å². The zero-order valence-corrected chi connectivity index (χ0v) is 31.3. The fourth-order valence-corrected chi connectivity index (χ4v) is 7.67. The molecular formula is C41H44N2O11. The molecule has 0 radical (unpaired) electrons. The van der Waals surface area contributed by atoms with Crippen LogP contribution in [-0.2, 0) is 19.1 Å². The summed E-state index contributed by atoms with van der Waals surface area (Å²) in [5.74, 6) is -8.35. The van der Waals surface area contributed by atoms with Crippen molar-refractivity contribution in [1.82, 2.24) is 9.80 Å². The summed E-state index contributed by atoms with van der Waals surface area (Å²) in [6.45, 7) is 10.7. The number of rotatable bonds is 6. The molecule has 6 rings (SSSR count).